The summed E-state index contributed by atoms with van der Waals surface area (Å²) in [6.07, 6.45) is -3.12. The van der Waals surface area contributed by atoms with Crippen LogP contribution in [0.3, 0.4) is 0 Å². The summed E-state index contributed by atoms with van der Waals surface area (Å²) in [5.74, 6) is -0.620. The van der Waals surface area contributed by atoms with Gasteiger partial charge in [-0.25, -0.2) is 4.98 Å². The van der Waals surface area contributed by atoms with Crippen LogP contribution in [0.2, 0.25) is 0 Å². The maximum absolute atomic E-state index is 9.34. The van der Waals surface area contributed by atoms with Crippen LogP contribution in [-0.4, -0.2) is 9.55 Å². The van der Waals surface area contributed by atoms with E-state index in [1.165, 1.54) is 0 Å². The molecule has 0 saturated heterocycles. The van der Waals surface area contributed by atoms with Crippen LogP contribution in [0.1, 0.15) is 55.5 Å². The normalized spacial score (nSPS) is 19.0. The zero-order valence-corrected chi connectivity index (χ0v) is 21.7. The van der Waals surface area contributed by atoms with Gasteiger partial charge in [-0.1, -0.05) is 118 Å². The third kappa shape index (κ3) is 3.08. The third-order valence-corrected chi connectivity index (χ3v) is 8.12. The minimum atomic E-state index is -3.26. The molecule has 0 radical (unpaired) electrons. The molecule has 1 aliphatic rings. The molecule has 40 heavy (non-hydrogen) atoms. The van der Waals surface area contributed by atoms with Gasteiger partial charge in [0.1, 0.15) is 5.82 Å². The summed E-state index contributed by atoms with van der Waals surface area (Å²) in [7, 11) is 0. The molecule has 2 nitrogen and oxygen atoms in total. The van der Waals surface area contributed by atoms with E-state index in [1.807, 2.05) is 36.4 Å². The van der Waals surface area contributed by atoms with Crippen molar-refractivity contribution in [1.29, 1.82) is 0 Å². The molecule has 0 atom stereocenters. The molecule has 0 fully saturated rings. The van der Waals surface area contributed by atoms with Crippen LogP contribution in [0.4, 0.5) is 0 Å². The number of fused-ring (bicyclic) bond motifs is 6. The number of para-hydroxylation sites is 2. The quantitative estimate of drug-likeness (QED) is 0.209. The Morgan fingerprint density at radius 2 is 1.43 bits per heavy atom. The van der Waals surface area contributed by atoms with E-state index in [-0.39, 0.29) is 43.8 Å². The lowest BCUT2D eigenvalue weighted by Gasteiger charge is -2.23. The number of aromatic nitrogens is 2. The first-order valence-corrected chi connectivity index (χ1v) is 13.0. The van der Waals surface area contributed by atoms with Crippen molar-refractivity contribution in [2.75, 3.05) is 0 Å². The van der Waals surface area contributed by atoms with Gasteiger partial charge in [0.2, 0.25) is 0 Å². The Hall–Kier alpha value is -4.69. The van der Waals surface area contributed by atoms with Crippen LogP contribution in [0.25, 0.3) is 60.5 Å². The number of nitrogens with zero attached hydrogens (tertiary/aromatic N) is 2. The van der Waals surface area contributed by atoms with Crippen molar-refractivity contribution in [2.24, 2.45) is 0 Å². The van der Waals surface area contributed by atoms with Gasteiger partial charge >= 0.3 is 0 Å². The van der Waals surface area contributed by atoms with Crippen molar-refractivity contribution >= 4 is 32.6 Å². The van der Waals surface area contributed by atoms with Crippen LogP contribution in [0.15, 0.2) is 115 Å². The highest BCUT2D eigenvalue weighted by atomic mass is 15.1. The Bertz CT molecular complexity index is 2680. The Kier molecular flexibility index (Phi) is 2.85. The second kappa shape index (κ2) is 8.40. The molecule has 7 aromatic rings. The van der Waals surface area contributed by atoms with Gasteiger partial charge in [-0.15, -0.1) is 0 Å². The largest absolute Gasteiger partial charge is 0.295 e. The average molecular weight is 528 g/mol. The molecule has 0 amide bonds. The van der Waals surface area contributed by atoms with Gasteiger partial charge in [-0.2, -0.15) is 0 Å². The molecule has 1 heterocycles. The van der Waals surface area contributed by atoms with Crippen molar-refractivity contribution in [3.05, 3.63) is 132 Å². The average Bonchev–Trinajstić information content (AvgIpc) is 3.62. The summed E-state index contributed by atoms with van der Waals surface area (Å²) in [5.41, 5.74) is 4.20. The minimum absolute atomic E-state index is 0.0741. The van der Waals surface area contributed by atoms with E-state index in [4.69, 9.17) is 12.3 Å². The molecule has 0 spiro atoms. The molecule has 0 saturated carbocycles. The lowest BCUT2D eigenvalue weighted by atomic mass is 9.81. The van der Waals surface area contributed by atoms with Crippen molar-refractivity contribution in [2.45, 2.75) is 32.5 Å². The number of hydrogen-bond donors (Lipinski definition) is 0. The van der Waals surface area contributed by atoms with Crippen LogP contribution in [0, 0.1) is 0 Å². The fourth-order valence-corrected chi connectivity index (χ4v) is 6.31. The summed E-state index contributed by atoms with van der Waals surface area (Å²) < 4.78 is 116. The predicted molar refractivity (Wildman–Crippen MR) is 168 cm³/mol. The Labute approximate surface area is 252 Å². The SMILES string of the molecule is [2H]c1c([2H])c([2H])c2c(-n3c(C([2H])([2H])C([2H])([2H])[2H])nc4ccccc43)c3c([2H])c([2H])c([2H])c([2H])c3c(-c3ccc4c(c3)C(C)(C)c3ccccc3-4)c2c1[2H]. The lowest BCUT2D eigenvalue weighted by Crippen LogP contribution is -2.14. The molecule has 0 unspecified atom stereocenters. The Balaban J connectivity index is 1.66. The standard InChI is InChI=1S/C38H30N2/c1-4-35-39-33-19-11-12-20-34(33)40(35)37-29-16-7-5-14-27(29)36(28-15-6-8-17-30(28)37)24-21-22-26-25-13-9-10-18-31(25)38(2,3)32(26)23-24/h5-23H,4H2,1-3H3/i1D3,4D2,5D,6D,7D,8D,14D,15D,16D,17D. The van der Waals surface area contributed by atoms with Gasteiger partial charge in [0.05, 0.1) is 27.7 Å². The van der Waals surface area contributed by atoms with Crippen LogP contribution < -0.4 is 0 Å². The molecule has 0 bridgehead atoms. The van der Waals surface area contributed by atoms with Crippen LogP contribution >= 0.6 is 0 Å². The number of hydrogen-bond acceptors (Lipinski definition) is 1. The van der Waals surface area contributed by atoms with Gasteiger partial charge in [0.15, 0.2) is 0 Å². The molecule has 0 N–H and O–H groups in total. The fourth-order valence-electron chi connectivity index (χ4n) is 6.31. The molecule has 0 aliphatic heterocycles. The van der Waals surface area contributed by atoms with E-state index < -0.39 is 72.8 Å². The van der Waals surface area contributed by atoms with E-state index in [9.17, 15) is 5.48 Å². The van der Waals surface area contributed by atoms with Gasteiger partial charge in [-0.05, 0) is 62.4 Å². The Morgan fingerprint density at radius 3 is 2.17 bits per heavy atom. The first-order valence-electron chi connectivity index (χ1n) is 19.5. The number of aryl methyl sites for hydroxylation is 1. The zero-order valence-electron chi connectivity index (χ0n) is 34.7. The monoisotopic (exact) mass is 527 g/mol. The highest BCUT2D eigenvalue weighted by Gasteiger charge is 2.35. The van der Waals surface area contributed by atoms with Crippen LogP contribution in [-0.2, 0) is 11.8 Å². The van der Waals surface area contributed by atoms with Gasteiger partial charge < -0.3 is 0 Å². The summed E-state index contributed by atoms with van der Waals surface area (Å²) >= 11 is 0. The summed E-state index contributed by atoms with van der Waals surface area (Å²) in [6.45, 7) is 0.887. The van der Waals surface area contributed by atoms with E-state index in [0.717, 1.165) is 26.8 Å². The number of imidazole rings is 1. The smallest absolute Gasteiger partial charge is 0.114 e. The Morgan fingerprint density at radius 1 is 0.775 bits per heavy atom. The molecular weight excluding hydrogens is 484 g/mol. The highest BCUT2D eigenvalue weighted by Crippen LogP contribution is 2.51. The van der Waals surface area contributed by atoms with Gasteiger partial charge in [0, 0.05) is 29.4 Å². The first-order chi connectivity index (χ1) is 24.8. The van der Waals surface area contributed by atoms with Crippen molar-refractivity contribution in [3.63, 3.8) is 0 Å². The summed E-state index contributed by atoms with van der Waals surface area (Å²) in [5, 5.41) is -0.514. The first kappa shape index (κ1) is 13.6. The molecule has 1 aliphatic carbocycles. The van der Waals surface area contributed by atoms with Gasteiger partial charge in [-0.3, -0.25) is 4.57 Å². The fraction of sp³-hybridized carbons (Fsp3) is 0.132. The van der Waals surface area contributed by atoms with E-state index in [1.54, 1.807) is 30.3 Å². The molecule has 1 aromatic heterocycles. The minimum Gasteiger partial charge on any atom is -0.295 e. The summed E-state index contributed by atoms with van der Waals surface area (Å²) in [4.78, 5) is 4.42. The van der Waals surface area contributed by atoms with Crippen LogP contribution in [0.5, 0.6) is 0 Å². The third-order valence-electron chi connectivity index (χ3n) is 8.12. The van der Waals surface area contributed by atoms with E-state index in [0.29, 0.717) is 5.56 Å². The maximum atomic E-state index is 9.34. The molecule has 8 rings (SSSR count). The number of benzene rings is 6. The lowest BCUT2D eigenvalue weighted by molar-refractivity contribution is 0.660. The second-order valence-corrected chi connectivity index (χ2v) is 10.5. The number of rotatable bonds is 3. The summed E-state index contributed by atoms with van der Waals surface area (Å²) in [6, 6.07) is 15.4. The van der Waals surface area contributed by atoms with Crippen molar-refractivity contribution < 1.29 is 17.8 Å². The zero-order chi connectivity index (χ0) is 38.3. The molecule has 6 aromatic carbocycles. The maximum Gasteiger partial charge on any atom is 0.114 e. The molecule has 192 valence electrons. The second-order valence-electron chi connectivity index (χ2n) is 10.5. The van der Waals surface area contributed by atoms with Crippen molar-refractivity contribution in [3.8, 4) is 27.9 Å². The van der Waals surface area contributed by atoms with Gasteiger partial charge in [0.25, 0.3) is 0 Å². The van der Waals surface area contributed by atoms with Crippen molar-refractivity contribution in [1.82, 2.24) is 9.55 Å². The highest BCUT2D eigenvalue weighted by molar-refractivity contribution is 6.18. The predicted octanol–water partition coefficient (Wildman–Crippen LogP) is 9.87. The molecule has 2 heteroatoms. The topological polar surface area (TPSA) is 17.8 Å². The van der Waals surface area contributed by atoms with E-state index >= 15 is 0 Å². The molecular formula is C38H30N2. The van der Waals surface area contributed by atoms with E-state index in [2.05, 4.69) is 18.8 Å².